The molecule has 1 atom stereocenters. The first-order chi connectivity index (χ1) is 11.9. The molecular formula is C16H18N8. The zero-order valence-electron chi connectivity index (χ0n) is 13.2. The third-order valence-electron chi connectivity index (χ3n) is 3.97. The van der Waals surface area contributed by atoms with Gasteiger partial charge in [-0.05, 0) is 25.0 Å². The van der Waals surface area contributed by atoms with Crippen molar-refractivity contribution in [3.8, 4) is 5.82 Å². The summed E-state index contributed by atoms with van der Waals surface area (Å²) in [5.41, 5.74) is 0. The number of nitrogens with zero attached hydrogens (tertiary/aromatic N) is 7. The fraction of sp³-hybridized carbons (Fsp3) is 0.312. The topological polar surface area (TPSA) is 84.7 Å². The predicted molar refractivity (Wildman–Crippen MR) is 90.0 cm³/mol. The lowest BCUT2D eigenvalue weighted by atomic mass is 10.1. The summed E-state index contributed by atoms with van der Waals surface area (Å²) in [6, 6.07) is 3.98. The molecule has 0 radical (unpaired) electrons. The van der Waals surface area contributed by atoms with E-state index < -0.39 is 0 Å². The number of anilines is 2. The van der Waals surface area contributed by atoms with Crippen molar-refractivity contribution in [2.45, 2.75) is 18.9 Å². The average molecular weight is 322 g/mol. The van der Waals surface area contributed by atoms with E-state index in [0.29, 0.717) is 5.82 Å². The Bertz CT molecular complexity index is 774. The smallest absolute Gasteiger partial charge is 0.225 e. The Labute approximate surface area is 139 Å². The van der Waals surface area contributed by atoms with E-state index in [1.54, 1.807) is 35.7 Å². The van der Waals surface area contributed by atoms with E-state index in [-0.39, 0.29) is 6.04 Å². The summed E-state index contributed by atoms with van der Waals surface area (Å²) < 4.78 is 1.70. The Morgan fingerprint density at radius 2 is 2.00 bits per heavy atom. The summed E-state index contributed by atoms with van der Waals surface area (Å²) in [5, 5.41) is 7.66. The molecule has 4 heterocycles. The lowest BCUT2D eigenvalue weighted by Crippen LogP contribution is -2.43. The molecule has 0 saturated carbocycles. The largest absolute Gasteiger partial charge is 0.364 e. The molecule has 122 valence electrons. The second-order valence-corrected chi connectivity index (χ2v) is 5.69. The van der Waals surface area contributed by atoms with Crippen LogP contribution in [0.4, 0.5) is 11.8 Å². The van der Waals surface area contributed by atoms with Crippen LogP contribution < -0.4 is 10.2 Å². The number of hydrogen-bond acceptors (Lipinski definition) is 7. The van der Waals surface area contributed by atoms with E-state index in [1.807, 2.05) is 18.3 Å². The first kappa shape index (κ1) is 14.6. The third kappa shape index (κ3) is 3.17. The van der Waals surface area contributed by atoms with Crippen molar-refractivity contribution >= 4 is 11.8 Å². The third-order valence-corrected chi connectivity index (χ3v) is 3.97. The molecule has 0 aromatic carbocycles. The highest BCUT2D eigenvalue weighted by Gasteiger charge is 2.22. The minimum absolute atomic E-state index is 0.282. The van der Waals surface area contributed by atoms with Gasteiger partial charge in [0.05, 0.1) is 12.4 Å². The molecule has 1 saturated heterocycles. The molecule has 0 bridgehead atoms. The normalized spacial score (nSPS) is 17.7. The van der Waals surface area contributed by atoms with Gasteiger partial charge >= 0.3 is 0 Å². The van der Waals surface area contributed by atoms with Crippen molar-refractivity contribution in [1.82, 2.24) is 29.7 Å². The maximum atomic E-state index is 4.58. The maximum absolute atomic E-state index is 4.58. The lowest BCUT2D eigenvalue weighted by Gasteiger charge is -2.33. The van der Waals surface area contributed by atoms with E-state index in [9.17, 15) is 0 Å². The van der Waals surface area contributed by atoms with Crippen molar-refractivity contribution in [3.63, 3.8) is 0 Å². The SMILES string of the molecule is c1cnc(N2CCC[C@H](Nc3cncc(-n4cccn4)n3)C2)nc1. The van der Waals surface area contributed by atoms with Gasteiger partial charge in [-0.15, -0.1) is 0 Å². The van der Waals surface area contributed by atoms with Gasteiger partial charge < -0.3 is 10.2 Å². The van der Waals surface area contributed by atoms with E-state index >= 15 is 0 Å². The Balaban J connectivity index is 1.46. The Hall–Kier alpha value is -3.03. The molecule has 8 heteroatoms. The van der Waals surface area contributed by atoms with E-state index in [0.717, 1.165) is 37.7 Å². The molecule has 4 rings (SSSR count). The van der Waals surface area contributed by atoms with Crippen molar-refractivity contribution in [1.29, 1.82) is 0 Å². The molecular weight excluding hydrogens is 304 g/mol. The number of rotatable bonds is 4. The summed E-state index contributed by atoms with van der Waals surface area (Å²) in [6.07, 6.45) is 12.7. The van der Waals surface area contributed by atoms with Crippen LogP contribution in [-0.2, 0) is 0 Å². The second kappa shape index (κ2) is 6.61. The molecule has 1 N–H and O–H groups in total. The first-order valence-electron chi connectivity index (χ1n) is 7.99. The fourth-order valence-electron chi connectivity index (χ4n) is 2.88. The minimum Gasteiger partial charge on any atom is -0.364 e. The summed E-state index contributed by atoms with van der Waals surface area (Å²) in [4.78, 5) is 19.7. The highest BCUT2D eigenvalue weighted by atomic mass is 15.3. The molecule has 1 aliphatic rings. The van der Waals surface area contributed by atoms with Crippen LogP contribution >= 0.6 is 0 Å². The number of hydrogen-bond donors (Lipinski definition) is 1. The first-order valence-corrected chi connectivity index (χ1v) is 7.99. The molecule has 3 aromatic heterocycles. The van der Waals surface area contributed by atoms with Crippen molar-refractivity contribution in [2.75, 3.05) is 23.3 Å². The van der Waals surface area contributed by atoms with Gasteiger partial charge in [0.2, 0.25) is 5.95 Å². The van der Waals surface area contributed by atoms with Crippen LogP contribution in [0, 0.1) is 0 Å². The Kier molecular flexibility index (Phi) is 4.01. The van der Waals surface area contributed by atoms with E-state index in [2.05, 4.69) is 35.3 Å². The Morgan fingerprint density at radius 3 is 2.83 bits per heavy atom. The maximum Gasteiger partial charge on any atom is 0.225 e. The molecule has 0 unspecified atom stereocenters. The predicted octanol–water partition coefficient (Wildman–Crippen LogP) is 1.53. The van der Waals surface area contributed by atoms with Gasteiger partial charge in [0, 0.05) is 43.9 Å². The van der Waals surface area contributed by atoms with Gasteiger partial charge in [-0.25, -0.2) is 19.6 Å². The lowest BCUT2D eigenvalue weighted by molar-refractivity contribution is 0.521. The van der Waals surface area contributed by atoms with Crippen molar-refractivity contribution in [3.05, 3.63) is 49.3 Å². The standard InChI is InChI=1S/C16H18N8/c1-4-13(12-23(8-1)16-18-5-2-6-19-16)21-14-10-17-11-15(22-14)24-9-3-7-20-24/h2-3,5-7,9-11,13H,1,4,8,12H2,(H,21,22)/t13-/m0/s1. The Morgan fingerprint density at radius 1 is 1.08 bits per heavy atom. The number of nitrogens with one attached hydrogen (secondary N) is 1. The van der Waals surface area contributed by atoms with Crippen LogP contribution in [0.5, 0.6) is 0 Å². The summed E-state index contributed by atoms with van der Waals surface area (Å²) in [6.45, 7) is 1.82. The van der Waals surface area contributed by atoms with Gasteiger partial charge in [0.1, 0.15) is 5.82 Å². The van der Waals surface area contributed by atoms with Crippen molar-refractivity contribution < 1.29 is 0 Å². The fourth-order valence-corrected chi connectivity index (χ4v) is 2.88. The average Bonchev–Trinajstić information content (AvgIpc) is 3.18. The summed E-state index contributed by atoms with van der Waals surface area (Å²) >= 11 is 0. The van der Waals surface area contributed by atoms with Gasteiger partial charge in [-0.3, -0.25) is 4.98 Å². The van der Waals surface area contributed by atoms with Gasteiger partial charge in [-0.2, -0.15) is 5.10 Å². The van der Waals surface area contributed by atoms with E-state index in [1.165, 1.54) is 0 Å². The van der Waals surface area contributed by atoms with Gasteiger partial charge in [0.25, 0.3) is 0 Å². The van der Waals surface area contributed by atoms with Crippen molar-refractivity contribution in [2.24, 2.45) is 0 Å². The number of aromatic nitrogens is 6. The molecule has 0 amide bonds. The molecule has 3 aromatic rings. The molecule has 24 heavy (non-hydrogen) atoms. The molecule has 1 aliphatic heterocycles. The van der Waals surface area contributed by atoms with E-state index in [4.69, 9.17) is 0 Å². The number of piperidine rings is 1. The van der Waals surface area contributed by atoms with Crippen LogP contribution in [0.25, 0.3) is 5.82 Å². The van der Waals surface area contributed by atoms with Gasteiger partial charge in [0.15, 0.2) is 5.82 Å². The highest BCUT2D eigenvalue weighted by molar-refractivity contribution is 5.39. The van der Waals surface area contributed by atoms with Crippen LogP contribution in [0.15, 0.2) is 49.3 Å². The minimum atomic E-state index is 0.282. The molecule has 1 fully saturated rings. The quantitative estimate of drug-likeness (QED) is 0.779. The zero-order valence-corrected chi connectivity index (χ0v) is 13.2. The zero-order chi connectivity index (χ0) is 16.2. The van der Waals surface area contributed by atoms with Crippen LogP contribution in [0.1, 0.15) is 12.8 Å². The summed E-state index contributed by atoms with van der Waals surface area (Å²) in [7, 11) is 0. The van der Waals surface area contributed by atoms with Crippen LogP contribution in [-0.4, -0.2) is 48.8 Å². The molecule has 8 nitrogen and oxygen atoms in total. The monoisotopic (exact) mass is 322 g/mol. The second-order valence-electron chi connectivity index (χ2n) is 5.69. The summed E-state index contributed by atoms with van der Waals surface area (Å²) in [5.74, 6) is 2.23. The molecule has 0 spiro atoms. The van der Waals surface area contributed by atoms with Crippen LogP contribution in [0.2, 0.25) is 0 Å². The molecule has 0 aliphatic carbocycles. The van der Waals surface area contributed by atoms with Crippen LogP contribution in [0.3, 0.4) is 0 Å². The van der Waals surface area contributed by atoms with Gasteiger partial charge in [-0.1, -0.05) is 0 Å². The highest BCUT2D eigenvalue weighted by Crippen LogP contribution is 2.18.